The van der Waals surface area contributed by atoms with Gasteiger partial charge in [0, 0.05) is 0 Å². The summed E-state index contributed by atoms with van der Waals surface area (Å²) in [6.45, 7) is 7.11. The monoisotopic (exact) mass is 258 g/mol. The summed E-state index contributed by atoms with van der Waals surface area (Å²) in [6.07, 6.45) is 5.91. The van der Waals surface area contributed by atoms with Gasteiger partial charge in [0.1, 0.15) is 0 Å². The Labute approximate surface area is 80.3 Å². The van der Waals surface area contributed by atoms with E-state index in [0.717, 1.165) is 0 Å². The average molecular weight is 258 g/mol. The molecule has 0 aromatic carbocycles. The van der Waals surface area contributed by atoms with E-state index in [4.69, 9.17) is 0 Å². The second-order valence-electron chi connectivity index (χ2n) is 3.53. The summed E-state index contributed by atoms with van der Waals surface area (Å²) < 4.78 is 4.85. The molecular weight excluding hydrogens is 235 g/mol. The Morgan fingerprint density at radius 2 is 1.45 bits per heavy atom. The third-order valence-corrected chi connectivity index (χ3v) is 12.7. The third kappa shape index (κ3) is 7.24. The van der Waals surface area contributed by atoms with Crippen molar-refractivity contribution in [3.8, 4) is 0 Å². The van der Waals surface area contributed by atoms with Crippen molar-refractivity contribution in [1.82, 2.24) is 0 Å². The number of hydrogen-bond acceptors (Lipinski definition) is 0. The van der Waals surface area contributed by atoms with Crippen LogP contribution in [0.15, 0.2) is 0 Å². The average Bonchev–Trinajstić information content (AvgIpc) is 2.05. The maximum absolute atomic E-state index is 2.41. The number of rotatable bonds is 7. The van der Waals surface area contributed by atoms with Gasteiger partial charge in [-0.15, -0.1) is 0 Å². The van der Waals surface area contributed by atoms with Gasteiger partial charge in [0.2, 0.25) is 0 Å². The van der Waals surface area contributed by atoms with Crippen LogP contribution in [0.2, 0.25) is 12.5 Å². The predicted molar refractivity (Wildman–Crippen MR) is 55.7 cm³/mol. The van der Waals surface area contributed by atoms with Crippen LogP contribution < -0.4 is 0 Å². The van der Waals surface area contributed by atoms with Crippen LogP contribution in [0.3, 0.4) is 0 Å². The minimum absolute atomic E-state index is 0.870. The first-order valence-electron chi connectivity index (χ1n) is 5.35. The van der Waals surface area contributed by atoms with Gasteiger partial charge in [-0.25, -0.2) is 0 Å². The van der Waals surface area contributed by atoms with Crippen LogP contribution in [-0.4, -0.2) is 21.4 Å². The number of unbranched alkanes of at least 4 members (excludes halogenated alkanes) is 3. The van der Waals surface area contributed by atoms with E-state index in [1.54, 1.807) is 19.0 Å². The first kappa shape index (κ1) is 11.9. The summed E-state index contributed by atoms with van der Waals surface area (Å²) in [6, 6.07) is 0. The first-order valence-corrected chi connectivity index (χ1v) is 12.3. The second-order valence-corrected chi connectivity index (χ2v) is 14.8. The molecule has 1 heteroatoms. The topological polar surface area (TPSA) is 0 Å². The molecule has 0 saturated carbocycles. The molecule has 0 unspecified atom stereocenters. The molecule has 0 aliphatic rings. The van der Waals surface area contributed by atoms with Gasteiger partial charge in [0.25, 0.3) is 0 Å². The second kappa shape index (κ2) is 8.96. The van der Waals surface area contributed by atoms with E-state index >= 15 is 0 Å². The molecule has 0 amide bonds. The zero-order valence-electron chi connectivity index (χ0n) is 8.53. The quantitative estimate of drug-likeness (QED) is 0.603. The molecule has 0 aromatic rings. The zero-order chi connectivity index (χ0) is 8.53. The van der Waals surface area contributed by atoms with E-state index in [1.165, 1.54) is 19.3 Å². The van der Waals surface area contributed by atoms with Gasteiger partial charge in [-0.1, -0.05) is 0 Å². The maximum atomic E-state index is 2.41. The fraction of sp³-hybridized carbons (Fsp3) is 1.00. The van der Waals surface area contributed by atoms with Crippen molar-refractivity contribution in [2.24, 2.45) is 0 Å². The van der Waals surface area contributed by atoms with Gasteiger partial charge < -0.3 is 0 Å². The van der Waals surface area contributed by atoms with Gasteiger partial charge in [-0.3, -0.25) is 0 Å². The van der Waals surface area contributed by atoms with Crippen LogP contribution >= 0.6 is 0 Å². The molecule has 0 fully saturated rings. The van der Waals surface area contributed by atoms with E-state index in [9.17, 15) is 0 Å². The summed E-state index contributed by atoms with van der Waals surface area (Å²) >= 11 is -0.870. The molecular formula is C10H23In. The normalized spacial score (nSPS) is 10.1. The Morgan fingerprint density at radius 3 is 1.91 bits per heavy atom. The molecule has 0 radical (unpaired) electrons. The molecule has 0 spiro atoms. The van der Waals surface area contributed by atoms with E-state index in [0.29, 0.717) is 0 Å². The fourth-order valence-corrected chi connectivity index (χ4v) is 8.01. The molecule has 0 aliphatic heterocycles. The Morgan fingerprint density at radius 1 is 0.818 bits per heavy atom. The molecule has 0 bridgehead atoms. The molecule has 0 rings (SSSR count). The predicted octanol–water partition coefficient (Wildman–Crippen LogP) is 4.10. The van der Waals surface area contributed by atoms with Crippen molar-refractivity contribution in [2.75, 3.05) is 0 Å². The molecule has 0 atom stereocenters. The van der Waals surface area contributed by atoms with Gasteiger partial charge in [-0.05, 0) is 0 Å². The zero-order valence-corrected chi connectivity index (χ0v) is 11.8. The number of hydrogen-bond donors (Lipinski definition) is 0. The molecule has 0 N–H and O–H groups in total. The van der Waals surface area contributed by atoms with Crippen molar-refractivity contribution < 1.29 is 0 Å². The third-order valence-electron chi connectivity index (χ3n) is 2.62. The van der Waals surface area contributed by atoms with Gasteiger partial charge in [0.05, 0.1) is 0 Å². The van der Waals surface area contributed by atoms with Crippen LogP contribution in [0.25, 0.3) is 0 Å². The van der Waals surface area contributed by atoms with Crippen LogP contribution in [0.5, 0.6) is 0 Å². The Kier molecular flexibility index (Phi) is 9.67. The van der Waals surface area contributed by atoms with Crippen molar-refractivity contribution in [1.29, 1.82) is 0 Å². The van der Waals surface area contributed by atoms with Gasteiger partial charge in [0.15, 0.2) is 0 Å². The summed E-state index contributed by atoms with van der Waals surface area (Å²) in [5.41, 5.74) is 0. The van der Waals surface area contributed by atoms with Crippen molar-refractivity contribution >= 4 is 21.4 Å². The van der Waals surface area contributed by atoms with E-state index in [-0.39, 0.29) is 0 Å². The van der Waals surface area contributed by atoms with Crippen molar-refractivity contribution in [3.05, 3.63) is 0 Å². The van der Waals surface area contributed by atoms with Gasteiger partial charge in [-0.2, -0.15) is 0 Å². The van der Waals surface area contributed by atoms with Crippen LogP contribution in [0.1, 0.15) is 46.5 Å². The SMILES string of the molecule is CCCCC[CH2][In]([CH2]C)[CH2]C. The molecule has 0 aliphatic carbocycles. The summed E-state index contributed by atoms with van der Waals surface area (Å²) in [7, 11) is 0. The summed E-state index contributed by atoms with van der Waals surface area (Å²) in [5, 5.41) is 0. The fourth-order valence-electron chi connectivity index (χ4n) is 1.56. The van der Waals surface area contributed by atoms with Crippen molar-refractivity contribution in [3.63, 3.8) is 0 Å². The summed E-state index contributed by atoms with van der Waals surface area (Å²) in [4.78, 5) is 0. The molecule has 66 valence electrons. The minimum atomic E-state index is -0.870. The van der Waals surface area contributed by atoms with Crippen molar-refractivity contribution in [2.45, 2.75) is 59.0 Å². The molecule has 0 saturated heterocycles. The van der Waals surface area contributed by atoms with Crippen LogP contribution in [0, 0.1) is 0 Å². The Bertz CT molecular complexity index is 67.3. The van der Waals surface area contributed by atoms with E-state index in [2.05, 4.69) is 20.8 Å². The molecule has 0 aromatic heterocycles. The van der Waals surface area contributed by atoms with Crippen LogP contribution in [-0.2, 0) is 0 Å². The standard InChI is InChI=1S/C6H13.2C2H5.In/c1-3-5-6-4-2;2*1-2;/h1,3-6H2,2H3;2*1H2,2H3;. The molecule has 11 heavy (non-hydrogen) atoms. The van der Waals surface area contributed by atoms with Crippen LogP contribution in [0.4, 0.5) is 0 Å². The molecule has 0 nitrogen and oxygen atoms in total. The van der Waals surface area contributed by atoms with E-state index < -0.39 is 21.4 Å². The Hall–Kier alpha value is 0.870. The first-order chi connectivity index (χ1) is 5.35. The van der Waals surface area contributed by atoms with E-state index in [1.807, 2.05) is 0 Å². The Balaban J connectivity index is 3.07. The summed E-state index contributed by atoms with van der Waals surface area (Å²) in [5.74, 6) is 0. The van der Waals surface area contributed by atoms with Gasteiger partial charge >= 0.3 is 80.4 Å². The molecule has 0 heterocycles.